The van der Waals surface area contributed by atoms with Crippen LogP contribution in [0.4, 0.5) is 0 Å². The van der Waals surface area contributed by atoms with Gasteiger partial charge in [0.15, 0.2) is 5.78 Å². The molecule has 1 aromatic carbocycles. The zero-order valence-electron chi connectivity index (χ0n) is 14.5. The van der Waals surface area contributed by atoms with Crippen molar-refractivity contribution in [1.82, 2.24) is 0 Å². The monoisotopic (exact) mass is 300 g/mol. The van der Waals surface area contributed by atoms with Gasteiger partial charge in [-0.25, -0.2) is 0 Å². The molecule has 2 aliphatic rings. The maximum Gasteiger partial charge on any atom is 0.170 e. The lowest BCUT2D eigenvalue weighted by Gasteiger charge is -2.23. The van der Waals surface area contributed by atoms with E-state index in [0.29, 0.717) is 11.3 Å². The van der Waals surface area contributed by atoms with E-state index in [0.717, 1.165) is 42.4 Å². The molecule has 1 saturated carbocycles. The molecule has 1 aromatic rings. The number of fused-ring (bicyclic) bond motifs is 1. The summed E-state index contributed by atoms with van der Waals surface area (Å²) in [5.41, 5.74) is 4.96. The van der Waals surface area contributed by atoms with Gasteiger partial charge in [-0.05, 0) is 50.3 Å². The van der Waals surface area contributed by atoms with Gasteiger partial charge in [-0.2, -0.15) is 0 Å². The number of hydrogen-bond acceptors (Lipinski definition) is 2. The second-order valence-electron chi connectivity index (χ2n) is 6.40. The van der Waals surface area contributed by atoms with Gasteiger partial charge >= 0.3 is 0 Å². The number of benzene rings is 1. The Balaban J connectivity index is 0.000000847. The van der Waals surface area contributed by atoms with E-state index in [2.05, 4.69) is 19.1 Å². The minimum Gasteiger partial charge on any atom is -0.511 e. The highest BCUT2D eigenvalue weighted by molar-refractivity contribution is 6.25. The van der Waals surface area contributed by atoms with Crippen LogP contribution in [0, 0.1) is 32.6 Å². The van der Waals surface area contributed by atoms with Gasteiger partial charge in [-0.3, -0.25) is 4.79 Å². The van der Waals surface area contributed by atoms with Crippen molar-refractivity contribution in [2.45, 2.75) is 60.3 Å². The number of ketones is 1. The minimum absolute atomic E-state index is 0.0267. The Labute approximate surface area is 134 Å². The first-order valence-electron chi connectivity index (χ1n) is 8.56. The third kappa shape index (κ3) is 2.71. The average Bonchev–Trinajstić information content (AvgIpc) is 2.74. The van der Waals surface area contributed by atoms with E-state index in [1.807, 2.05) is 27.7 Å². The number of allylic oxidation sites excluding steroid dienone is 2. The highest BCUT2D eigenvalue weighted by Crippen LogP contribution is 2.46. The number of aliphatic hydroxyl groups excluding tert-OH is 1. The molecule has 0 radical (unpaired) electrons. The highest BCUT2D eigenvalue weighted by atomic mass is 16.3. The molecule has 2 aliphatic carbocycles. The fourth-order valence-corrected chi connectivity index (χ4v) is 4.09. The third-order valence-electron chi connectivity index (χ3n) is 4.88. The van der Waals surface area contributed by atoms with E-state index >= 15 is 0 Å². The summed E-state index contributed by atoms with van der Waals surface area (Å²) < 4.78 is 0. The Morgan fingerprint density at radius 1 is 0.955 bits per heavy atom. The van der Waals surface area contributed by atoms with Crippen molar-refractivity contribution < 1.29 is 9.90 Å². The zero-order chi connectivity index (χ0) is 16.4. The number of hydrogen-bond donors (Lipinski definition) is 1. The van der Waals surface area contributed by atoms with Crippen LogP contribution in [0.5, 0.6) is 0 Å². The molecule has 0 aromatic heterocycles. The summed E-state index contributed by atoms with van der Waals surface area (Å²) >= 11 is 0. The van der Waals surface area contributed by atoms with Crippen LogP contribution in [0.15, 0.2) is 17.9 Å². The normalized spacial score (nSPS) is 24.0. The molecular weight excluding hydrogens is 272 g/mol. The first kappa shape index (κ1) is 16.8. The number of carbonyl (C=O) groups excluding carboxylic acids is 1. The van der Waals surface area contributed by atoms with Gasteiger partial charge in [0.2, 0.25) is 0 Å². The van der Waals surface area contributed by atoms with Gasteiger partial charge in [-0.15, -0.1) is 0 Å². The number of aryl methyl sites for hydroxylation is 3. The summed E-state index contributed by atoms with van der Waals surface area (Å²) in [5.74, 6) is 0.627. The van der Waals surface area contributed by atoms with Crippen LogP contribution in [-0.4, -0.2) is 10.9 Å². The van der Waals surface area contributed by atoms with Gasteiger partial charge in [0.25, 0.3) is 0 Å². The van der Waals surface area contributed by atoms with Crippen molar-refractivity contribution in [3.8, 4) is 0 Å². The van der Waals surface area contributed by atoms with E-state index in [4.69, 9.17) is 0 Å². The third-order valence-corrected chi connectivity index (χ3v) is 4.88. The summed E-state index contributed by atoms with van der Waals surface area (Å²) in [4.78, 5) is 12.7. The molecule has 120 valence electrons. The molecule has 0 bridgehead atoms. The van der Waals surface area contributed by atoms with Crippen molar-refractivity contribution in [3.63, 3.8) is 0 Å². The summed E-state index contributed by atoms with van der Waals surface area (Å²) in [6.07, 6.45) is 4.12. The molecule has 2 heteroatoms. The van der Waals surface area contributed by atoms with Crippen LogP contribution in [0.3, 0.4) is 0 Å². The van der Waals surface area contributed by atoms with Gasteiger partial charge in [0.05, 0.1) is 5.57 Å². The summed E-state index contributed by atoms with van der Waals surface area (Å²) in [6.45, 7) is 10.1. The Morgan fingerprint density at radius 2 is 1.45 bits per heavy atom. The first-order chi connectivity index (χ1) is 10.5. The number of rotatable bonds is 1. The van der Waals surface area contributed by atoms with Crippen LogP contribution in [0.1, 0.15) is 61.8 Å². The van der Waals surface area contributed by atoms with Crippen LogP contribution in [0.2, 0.25) is 0 Å². The molecule has 1 unspecified atom stereocenters. The highest BCUT2D eigenvalue weighted by Gasteiger charge is 2.44. The molecule has 1 N–H and O–H groups in total. The van der Waals surface area contributed by atoms with E-state index in [9.17, 15) is 9.90 Å². The minimum atomic E-state index is 0.0267. The van der Waals surface area contributed by atoms with Crippen molar-refractivity contribution in [2.75, 3.05) is 0 Å². The topological polar surface area (TPSA) is 37.3 Å². The quantitative estimate of drug-likeness (QED) is 0.764. The summed E-state index contributed by atoms with van der Waals surface area (Å²) in [6, 6.07) is 4.19. The molecule has 0 spiro atoms. The molecule has 3 rings (SSSR count). The molecule has 0 saturated heterocycles. The molecule has 22 heavy (non-hydrogen) atoms. The van der Waals surface area contributed by atoms with Crippen LogP contribution >= 0.6 is 0 Å². The average molecular weight is 300 g/mol. The Hall–Kier alpha value is -1.57. The molecule has 0 amide bonds. The predicted octanol–water partition coefficient (Wildman–Crippen LogP) is 5.30. The Kier molecular flexibility index (Phi) is 5.10. The lowest BCUT2D eigenvalue weighted by atomic mass is 9.80. The van der Waals surface area contributed by atoms with Crippen molar-refractivity contribution in [3.05, 3.63) is 40.1 Å². The maximum absolute atomic E-state index is 12.7. The van der Waals surface area contributed by atoms with E-state index in [1.54, 1.807) is 0 Å². The Morgan fingerprint density at radius 3 is 1.95 bits per heavy atom. The largest absolute Gasteiger partial charge is 0.511 e. The van der Waals surface area contributed by atoms with Gasteiger partial charge in [0, 0.05) is 11.8 Å². The standard InChI is InChI=1S/C18H22O2.C2H6/c1-10-8-11(2)15(12(3)9-10)16-17(19)13-6-4-5-7-14(13)18(16)20;1-2/h8-9,13-14,19H,4-7H2,1-3H3;1-2H3/t13?,14-;/m0./s1. The van der Waals surface area contributed by atoms with Crippen molar-refractivity contribution in [2.24, 2.45) is 11.8 Å². The molecule has 2 nitrogen and oxygen atoms in total. The molecule has 0 aliphatic heterocycles. The van der Waals surface area contributed by atoms with E-state index in [1.165, 1.54) is 5.56 Å². The smallest absolute Gasteiger partial charge is 0.170 e. The number of aliphatic hydroxyl groups is 1. The van der Waals surface area contributed by atoms with E-state index < -0.39 is 0 Å². The van der Waals surface area contributed by atoms with Gasteiger partial charge in [-0.1, -0.05) is 44.4 Å². The second-order valence-corrected chi connectivity index (χ2v) is 6.40. The lowest BCUT2D eigenvalue weighted by molar-refractivity contribution is -0.118. The van der Waals surface area contributed by atoms with Gasteiger partial charge in [0.1, 0.15) is 5.76 Å². The predicted molar refractivity (Wildman–Crippen MR) is 92.0 cm³/mol. The number of carbonyl (C=O) groups is 1. The molecule has 2 atom stereocenters. The zero-order valence-corrected chi connectivity index (χ0v) is 14.5. The first-order valence-corrected chi connectivity index (χ1v) is 8.56. The van der Waals surface area contributed by atoms with Crippen LogP contribution in [-0.2, 0) is 4.79 Å². The van der Waals surface area contributed by atoms with Crippen molar-refractivity contribution >= 4 is 11.4 Å². The lowest BCUT2D eigenvalue weighted by Crippen LogP contribution is -2.21. The molecule has 0 heterocycles. The molecular formula is C20H28O2. The fourth-order valence-electron chi connectivity index (χ4n) is 4.09. The van der Waals surface area contributed by atoms with Gasteiger partial charge < -0.3 is 5.11 Å². The summed E-state index contributed by atoms with van der Waals surface area (Å²) in [7, 11) is 0. The maximum atomic E-state index is 12.7. The Bertz CT molecular complexity index is 587. The van der Waals surface area contributed by atoms with Crippen LogP contribution < -0.4 is 0 Å². The fraction of sp³-hybridized carbons (Fsp3) is 0.550. The summed E-state index contributed by atoms with van der Waals surface area (Å²) in [5, 5.41) is 10.6. The molecule has 1 fully saturated rings. The van der Waals surface area contributed by atoms with E-state index in [-0.39, 0.29) is 17.6 Å². The van der Waals surface area contributed by atoms with Crippen molar-refractivity contribution in [1.29, 1.82) is 0 Å². The second kappa shape index (κ2) is 6.68. The van der Waals surface area contributed by atoms with Crippen LogP contribution in [0.25, 0.3) is 5.57 Å². The SMILES string of the molecule is CC.Cc1cc(C)c(C2=C(O)C3CCCC[C@@H]3C2=O)c(C)c1. The number of Topliss-reactive ketones (excluding diaryl/α,β-unsaturated/α-hetero) is 1.